The first-order valence-corrected chi connectivity index (χ1v) is 7.94. The monoisotopic (exact) mass is 340 g/mol. The Morgan fingerprint density at radius 1 is 1.12 bits per heavy atom. The molecule has 0 aliphatic heterocycles. The van der Waals surface area contributed by atoms with Crippen molar-refractivity contribution in [1.82, 2.24) is 10.6 Å². The van der Waals surface area contributed by atoms with Crippen molar-refractivity contribution >= 4 is 29.3 Å². The summed E-state index contributed by atoms with van der Waals surface area (Å²) >= 11 is 5.12. The molecule has 0 aliphatic rings. The lowest BCUT2D eigenvalue weighted by Gasteiger charge is -2.08. The molecule has 24 heavy (non-hydrogen) atoms. The molecule has 0 unspecified atom stereocenters. The van der Waals surface area contributed by atoms with E-state index in [4.69, 9.17) is 17.0 Å². The molecule has 0 saturated heterocycles. The lowest BCUT2D eigenvalue weighted by atomic mass is 10.1. The van der Waals surface area contributed by atoms with Gasteiger partial charge in [0, 0.05) is 12.6 Å². The van der Waals surface area contributed by atoms with E-state index < -0.39 is 0 Å². The zero-order valence-corrected chi connectivity index (χ0v) is 14.5. The van der Waals surface area contributed by atoms with Crippen LogP contribution in [0.1, 0.15) is 16.7 Å². The van der Waals surface area contributed by atoms with Gasteiger partial charge >= 0.3 is 0 Å². The van der Waals surface area contributed by atoms with Gasteiger partial charge in [-0.25, -0.2) is 0 Å². The van der Waals surface area contributed by atoms with Crippen molar-refractivity contribution in [3.05, 3.63) is 71.3 Å². The SMILES string of the molecule is COc1ccc(CNC(=S)NC(=O)/C=C/c2ccc(C)cc2)cc1. The van der Waals surface area contributed by atoms with Crippen molar-refractivity contribution < 1.29 is 9.53 Å². The van der Waals surface area contributed by atoms with Crippen LogP contribution >= 0.6 is 12.2 Å². The molecular weight excluding hydrogens is 320 g/mol. The van der Waals surface area contributed by atoms with Crippen LogP contribution in [0.5, 0.6) is 5.75 Å². The Morgan fingerprint density at radius 2 is 1.79 bits per heavy atom. The molecule has 2 rings (SSSR count). The van der Waals surface area contributed by atoms with E-state index in [1.165, 1.54) is 11.6 Å². The van der Waals surface area contributed by atoms with Crippen molar-refractivity contribution in [2.75, 3.05) is 7.11 Å². The topological polar surface area (TPSA) is 50.4 Å². The van der Waals surface area contributed by atoms with Crippen LogP contribution in [0.15, 0.2) is 54.6 Å². The molecule has 0 atom stereocenters. The number of amides is 1. The zero-order valence-electron chi connectivity index (χ0n) is 13.7. The molecule has 1 amide bonds. The minimum atomic E-state index is -0.261. The summed E-state index contributed by atoms with van der Waals surface area (Å²) in [5.74, 6) is 0.540. The van der Waals surface area contributed by atoms with Gasteiger partial charge in [0.1, 0.15) is 5.75 Å². The summed E-state index contributed by atoms with van der Waals surface area (Å²) in [6.07, 6.45) is 3.22. The van der Waals surface area contributed by atoms with Crippen LogP contribution in [0, 0.1) is 6.92 Å². The van der Waals surface area contributed by atoms with Crippen LogP contribution < -0.4 is 15.4 Å². The van der Waals surface area contributed by atoms with Crippen LogP contribution in [0.4, 0.5) is 0 Å². The standard InChI is InChI=1S/C19H20N2O2S/c1-14-3-5-15(6-4-14)9-12-18(22)21-19(24)20-13-16-7-10-17(23-2)11-8-16/h3-12H,13H2,1-2H3,(H2,20,21,22,24)/b12-9+. The van der Waals surface area contributed by atoms with E-state index in [9.17, 15) is 4.79 Å². The number of ether oxygens (including phenoxy) is 1. The Hall–Kier alpha value is -2.66. The smallest absolute Gasteiger partial charge is 0.250 e. The van der Waals surface area contributed by atoms with E-state index >= 15 is 0 Å². The maximum atomic E-state index is 11.8. The van der Waals surface area contributed by atoms with Gasteiger partial charge in [0.05, 0.1) is 7.11 Å². The van der Waals surface area contributed by atoms with Gasteiger partial charge in [-0.1, -0.05) is 42.0 Å². The summed E-state index contributed by atoms with van der Waals surface area (Å²) in [7, 11) is 1.63. The number of hydrogen-bond donors (Lipinski definition) is 2. The Labute approximate surface area is 147 Å². The fourth-order valence-corrected chi connectivity index (χ4v) is 2.15. The van der Waals surface area contributed by atoms with Crippen molar-refractivity contribution in [3.63, 3.8) is 0 Å². The number of benzene rings is 2. The van der Waals surface area contributed by atoms with E-state index in [2.05, 4.69) is 10.6 Å². The molecule has 0 aromatic heterocycles. The summed E-state index contributed by atoms with van der Waals surface area (Å²) in [5.41, 5.74) is 3.19. The average Bonchev–Trinajstić information content (AvgIpc) is 2.60. The third-order valence-corrected chi connectivity index (χ3v) is 3.60. The van der Waals surface area contributed by atoms with Gasteiger partial charge in [-0.15, -0.1) is 0 Å². The molecule has 2 N–H and O–H groups in total. The highest BCUT2D eigenvalue weighted by Gasteiger charge is 2.01. The van der Waals surface area contributed by atoms with Crippen LogP contribution in [0.25, 0.3) is 6.08 Å². The fraction of sp³-hybridized carbons (Fsp3) is 0.158. The highest BCUT2D eigenvalue weighted by molar-refractivity contribution is 7.80. The van der Waals surface area contributed by atoms with Crippen LogP contribution in [0.2, 0.25) is 0 Å². The van der Waals surface area contributed by atoms with Crippen molar-refractivity contribution in [1.29, 1.82) is 0 Å². The zero-order chi connectivity index (χ0) is 17.4. The van der Waals surface area contributed by atoms with Gasteiger partial charge in [0.15, 0.2) is 5.11 Å². The quantitative estimate of drug-likeness (QED) is 0.648. The van der Waals surface area contributed by atoms with Crippen molar-refractivity contribution in [3.8, 4) is 5.75 Å². The summed E-state index contributed by atoms with van der Waals surface area (Å²) in [4.78, 5) is 11.8. The number of rotatable bonds is 5. The van der Waals surface area contributed by atoms with Crippen molar-refractivity contribution in [2.24, 2.45) is 0 Å². The highest BCUT2D eigenvalue weighted by Crippen LogP contribution is 2.10. The minimum Gasteiger partial charge on any atom is -0.497 e. The first kappa shape index (κ1) is 17.7. The summed E-state index contributed by atoms with van der Waals surface area (Å²) < 4.78 is 5.11. The molecule has 0 spiro atoms. The number of thiocarbonyl (C=S) groups is 1. The second-order valence-electron chi connectivity index (χ2n) is 5.26. The first-order valence-electron chi connectivity index (χ1n) is 7.53. The van der Waals surface area contributed by atoms with Gasteiger partial charge in [0.25, 0.3) is 0 Å². The molecule has 5 heteroatoms. The molecule has 0 radical (unpaired) electrons. The molecule has 2 aromatic rings. The van der Waals surface area contributed by atoms with Crippen molar-refractivity contribution in [2.45, 2.75) is 13.5 Å². The highest BCUT2D eigenvalue weighted by atomic mass is 32.1. The normalized spacial score (nSPS) is 10.4. The maximum Gasteiger partial charge on any atom is 0.250 e. The van der Waals surface area contributed by atoms with Crippen LogP contribution in [-0.2, 0) is 11.3 Å². The molecule has 0 fully saturated rings. The number of carbonyl (C=O) groups excluding carboxylic acids is 1. The molecule has 0 heterocycles. The van der Waals surface area contributed by atoms with Crippen LogP contribution in [0.3, 0.4) is 0 Å². The lowest BCUT2D eigenvalue weighted by molar-refractivity contribution is -0.115. The van der Waals surface area contributed by atoms with Gasteiger partial charge < -0.3 is 10.1 Å². The molecule has 2 aromatic carbocycles. The Bertz CT molecular complexity index is 722. The van der Waals surface area contributed by atoms with Gasteiger partial charge in [-0.05, 0) is 48.5 Å². The first-order chi connectivity index (χ1) is 11.6. The molecule has 0 aliphatic carbocycles. The van der Waals surface area contributed by atoms with Gasteiger partial charge in [-0.2, -0.15) is 0 Å². The number of hydrogen-bond acceptors (Lipinski definition) is 3. The number of nitrogens with one attached hydrogen (secondary N) is 2. The van der Waals surface area contributed by atoms with E-state index in [0.29, 0.717) is 11.7 Å². The fourth-order valence-electron chi connectivity index (χ4n) is 1.97. The van der Waals surface area contributed by atoms with Crippen LogP contribution in [-0.4, -0.2) is 18.1 Å². The number of carbonyl (C=O) groups is 1. The van der Waals surface area contributed by atoms with E-state index in [1.807, 2.05) is 55.5 Å². The minimum absolute atomic E-state index is 0.261. The Balaban J connectivity index is 1.78. The molecular formula is C19H20N2O2S. The predicted molar refractivity (Wildman–Crippen MR) is 101 cm³/mol. The second kappa shape index (κ2) is 8.84. The summed E-state index contributed by atoms with van der Waals surface area (Å²) in [5, 5.41) is 5.92. The van der Waals surface area contributed by atoms with E-state index in [-0.39, 0.29) is 5.91 Å². The average molecular weight is 340 g/mol. The Morgan fingerprint density at radius 3 is 2.42 bits per heavy atom. The van der Waals surface area contributed by atoms with Gasteiger partial charge in [-0.3, -0.25) is 10.1 Å². The molecule has 0 saturated carbocycles. The molecule has 4 nitrogen and oxygen atoms in total. The molecule has 124 valence electrons. The summed E-state index contributed by atoms with van der Waals surface area (Å²) in [6, 6.07) is 15.5. The Kier molecular flexibility index (Phi) is 6.51. The summed E-state index contributed by atoms with van der Waals surface area (Å²) in [6.45, 7) is 2.55. The maximum absolute atomic E-state index is 11.8. The number of aryl methyl sites for hydroxylation is 1. The van der Waals surface area contributed by atoms with E-state index in [0.717, 1.165) is 16.9 Å². The van der Waals surface area contributed by atoms with E-state index in [1.54, 1.807) is 13.2 Å². The molecule has 0 bridgehead atoms. The third-order valence-electron chi connectivity index (χ3n) is 3.35. The number of methoxy groups -OCH3 is 1. The largest absolute Gasteiger partial charge is 0.497 e. The van der Waals surface area contributed by atoms with Gasteiger partial charge in [0.2, 0.25) is 5.91 Å². The third kappa shape index (κ3) is 5.85. The lowest BCUT2D eigenvalue weighted by Crippen LogP contribution is -2.37. The second-order valence-corrected chi connectivity index (χ2v) is 5.67. The predicted octanol–water partition coefficient (Wildman–Crippen LogP) is 3.21.